The number of aryl methyl sites for hydroxylation is 1. The third kappa shape index (κ3) is 2.57. The van der Waals surface area contributed by atoms with E-state index in [-0.39, 0.29) is 16.7 Å². The van der Waals surface area contributed by atoms with E-state index in [1.165, 1.54) is 18.2 Å². The molecule has 1 heterocycles. The van der Waals surface area contributed by atoms with Crippen molar-refractivity contribution in [2.45, 2.75) is 6.92 Å². The molecule has 0 spiro atoms. The van der Waals surface area contributed by atoms with Crippen LogP contribution in [0.25, 0.3) is 0 Å². The van der Waals surface area contributed by atoms with Crippen LogP contribution in [0.5, 0.6) is 5.75 Å². The number of H-pyrrole nitrogens is 1. The summed E-state index contributed by atoms with van der Waals surface area (Å²) in [6.45, 7) is 1.83. The SMILES string of the molecule is Cc1cc(NC(=O)c2ccc(O)c(Cl)c2)n[nH]1. The number of nitrogens with zero attached hydrogens (tertiary/aromatic N) is 1. The second-order valence-electron chi connectivity index (χ2n) is 3.56. The molecule has 0 aliphatic heterocycles. The lowest BCUT2D eigenvalue weighted by atomic mass is 10.2. The number of carbonyl (C=O) groups excluding carboxylic acids is 1. The summed E-state index contributed by atoms with van der Waals surface area (Å²) in [5.74, 6) is 0.0499. The Hall–Kier alpha value is -2.01. The number of phenols is 1. The summed E-state index contributed by atoms with van der Waals surface area (Å²) in [6, 6.07) is 5.95. The maximum absolute atomic E-state index is 11.8. The van der Waals surface area contributed by atoms with Gasteiger partial charge in [0.2, 0.25) is 0 Å². The van der Waals surface area contributed by atoms with E-state index in [0.717, 1.165) is 5.69 Å². The van der Waals surface area contributed by atoms with Gasteiger partial charge >= 0.3 is 0 Å². The van der Waals surface area contributed by atoms with Crippen molar-refractivity contribution in [3.63, 3.8) is 0 Å². The van der Waals surface area contributed by atoms with Crippen LogP contribution in [0.3, 0.4) is 0 Å². The van der Waals surface area contributed by atoms with Gasteiger partial charge < -0.3 is 10.4 Å². The van der Waals surface area contributed by atoms with Crippen molar-refractivity contribution in [3.8, 4) is 5.75 Å². The fraction of sp³-hybridized carbons (Fsp3) is 0.0909. The van der Waals surface area contributed by atoms with Gasteiger partial charge in [0.15, 0.2) is 5.82 Å². The van der Waals surface area contributed by atoms with Crippen LogP contribution in [0.15, 0.2) is 24.3 Å². The van der Waals surface area contributed by atoms with Crippen LogP contribution >= 0.6 is 11.6 Å². The molecule has 88 valence electrons. The van der Waals surface area contributed by atoms with Crippen LogP contribution in [0.4, 0.5) is 5.82 Å². The minimum absolute atomic E-state index is 0.0566. The summed E-state index contributed by atoms with van der Waals surface area (Å²) in [5.41, 5.74) is 1.21. The molecule has 1 aromatic carbocycles. The lowest BCUT2D eigenvalue weighted by molar-refractivity contribution is 0.102. The summed E-state index contributed by atoms with van der Waals surface area (Å²) in [6.07, 6.45) is 0. The molecule has 0 aliphatic rings. The van der Waals surface area contributed by atoms with E-state index < -0.39 is 0 Å². The molecule has 0 atom stereocenters. The van der Waals surface area contributed by atoms with Gasteiger partial charge in [0.25, 0.3) is 5.91 Å². The van der Waals surface area contributed by atoms with Crippen molar-refractivity contribution in [1.29, 1.82) is 0 Å². The molecule has 0 unspecified atom stereocenters. The predicted molar refractivity (Wildman–Crippen MR) is 64.4 cm³/mol. The lowest BCUT2D eigenvalue weighted by Gasteiger charge is -2.03. The maximum atomic E-state index is 11.8. The number of carbonyl (C=O) groups is 1. The number of nitrogens with one attached hydrogen (secondary N) is 2. The lowest BCUT2D eigenvalue weighted by Crippen LogP contribution is -2.12. The molecule has 1 amide bonds. The molecule has 17 heavy (non-hydrogen) atoms. The molecule has 3 N–H and O–H groups in total. The summed E-state index contributed by atoms with van der Waals surface area (Å²) < 4.78 is 0. The van der Waals surface area contributed by atoms with Gasteiger partial charge in [-0.2, -0.15) is 5.10 Å². The Balaban J connectivity index is 2.17. The molecule has 1 aromatic heterocycles. The standard InChI is InChI=1S/C11H10ClN3O2/c1-6-4-10(15-14-6)13-11(17)7-2-3-9(16)8(12)5-7/h2-5,16H,1H3,(H2,13,14,15,17). The van der Waals surface area contributed by atoms with Crippen LogP contribution in [0.1, 0.15) is 16.1 Å². The van der Waals surface area contributed by atoms with Crippen LogP contribution in [0.2, 0.25) is 5.02 Å². The molecule has 0 bridgehead atoms. The molecule has 0 saturated heterocycles. The van der Waals surface area contributed by atoms with Crippen LogP contribution in [-0.4, -0.2) is 21.2 Å². The zero-order chi connectivity index (χ0) is 12.4. The first-order chi connectivity index (χ1) is 8.06. The number of benzene rings is 1. The number of hydrogen-bond donors (Lipinski definition) is 3. The molecule has 0 radical (unpaired) electrons. The molecule has 2 aromatic rings. The number of aromatic nitrogens is 2. The topological polar surface area (TPSA) is 78.0 Å². The maximum Gasteiger partial charge on any atom is 0.256 e. The van der Waals surface area contributed by atoms with E-state index in [0.29, 0.717) is 11.4 Å². The van der Waals surface area contributed by atoms with Crippen LogP contribution in [-0.2, 0) is 0 Å². The third-order valence-electron chi connectivity index (χ3n) is 2.16. The van der Waals surface area contributed by atoms with Gasteiger partial charge in [-0.3, -0.25) is 9.89 Å². The van der Waals surface area contributed by atoms with Crippen molar-refractivity contribution in [2.75, 3.05) is 5.32 Å². The summed E-state index contributed by atoms with van der Waals surface area (Å²) >= 11 is 5.71. The number of hydrogen-bond acceptors (Lipinski definition) is 3. The fourth-order valence-corrected chi connectivity index (χ4v) is 1.50. The largest absolute Gasteiger partial charge is 0.506 e. The Kier molecular flexibility index (Phi) is 3.01. The number of aromatic hydroxyl groups is 1. The smallest absolute Gasteiger partial charge is 0.256 e. The van der Waals surface area contributed by atoms with E-state index in [1.807, 2.05) is 6.92 Å². The minimum atomic E-state index is -0.335. The summed E-state index contributed by atoms with van der Waals surface area (Å²) in [7, 11) is 0. The molecule has 0 aliphatic carbocycles. The first-order valence-electron chi connectivity index (χ1n) is 4.88. The third-order valence-corrected chi connectivity index (χ3v) is 2.46. The van der Waals surface area contributed by atoms with Gasteiger partial charge in [0.05, 0.1) is 5.02 Å². The Labute approximate surface area is 102 Å². The van der Waals surface area contributed by atoms with Crippen LogP contribution < -0.4 is 5.32 Å². The number of anilines is 1. The summed E-state index contributed by atoms with van der Waals surface area (Å²) in [4.78, 5) is 11.8. The second-order valence-corrected chi connectivity index (χ2v) is 3.96. The molecular weight excluding hydrogens is 242 g/mol. The quantitative estimate of drug-likeness (QED) is 0.767. The van der Waals surface area contributed by atoms with Crippen LogP contribution in [0, 0.1) is 6.92 Å². The number of amides is 1. The normalized spacial score (nSPS) is 10.2. The number of halogens is 1. The van der Waals surface area contributed by atoms with Crippen molar-refractivity contribution in [2.24, 2.45) is 0 Å². The molecule has 5 nitrogen and oxygen atoms in total. The highest BCUT2D eigenvalue weighted by atomic mass is 35.5. The zero-order valence-corrected chi connectivity index (χ0v) is 9.75. The predicted octanol–water partition coefficient (Wildman–Crippen LogP) is 2.33. The second kappa shape index (κ2) is 4.47. The van der Waals surface area contributed by atoms with Gasteiger partial charge in [0.1, 0.15) is 5.75 Å². The molecular formula is C11H10ClN3O2. The van der Waals surface area contributed by atoms with E-state index >= 15 is 0 Å². The Morgan fingerprint density at radius 1 is 1.47 bits per heavy atom. The van der Waals surface area contributed by atoms with Crippen molar-refractivity contribution in [3.05, 3.63) is 40.5 Å². The van der Waals surface area contributed by atoms with E-state index in [2.05, 4.69) is 15.5 Å². The van der Waals surface area contributed by atoms with Gasteiger partial charge in [-0.1, -0.05) is 11.6 Å². The molecule has 6 heteroatoms. The molecule has 0 fully saturated rings. The Morgan fingerprint density at radius 3 is 2.82 bits per heavy atom. The van der Waals surface area contributed by atoms with Gasteiger partial charge in [-0.05, 0) is 25.1 Å². The average molecular weight is 252 g/mol. The highest BCUT2D eigenvalue weighted by Crippen LogP contribution is 2.23. The molecule has 2 rings (SSSR count). The number of rotatable bonds is 2. The van der Waals surface area contributed by atoms with E-state index in [1.54, 1.807) is 6.07 Å². The van der Waals surface area contributed by atoms with Crippen molar-refractivity contribution < 1.29 is 9.90 Å². The summed E-state index contributed by atoms with van der Waals surface area (Å²) in [5, 5.41) is 18.6. The Bertz CT molecular complexity index is 566. The Morgan fingerprint density at radius 2 is 2.24 bits per heavy atom. The van der Waals surface area contributed by atoms with Gasteiger partial charge in [0, 0.05) is 17.3 Å². The van der Waals surface area contributed by atoms with Gasteiger partial charge in [-0.15, -0.1) is 0 Å². The fourth-order valence-electron chi connectivity index (χ4n) is 1.32. The van der Waals surface area contributed by atoms with Crippen molar-refractivity contribution >= 4 is 23.3 Å². The zero-order valence-electron chi connectivity index (χ0n) is 8.99. The first-order valence-corrected chi connectivity index (χ1v) is 5.26. The highest BCUT2D eigenvalue weighted by Gasteiger charge is 2.09. The van der Waals surface area contributed by atoms with Crippen molar-refractivity contribution in [1.82, 2.24) is 10.2 Å². The highest BCUT2D eigenvalue weighted by molar-refractivity contribution is 6.32. The number of aromatic amines is 1. The monoisotopic (exact) mass is 251 g/mol. The minimum Gasteiger partial charge on any atom is -0.506 e. The first kappa shape index (κ1) is 11.5. The van der Waals surface area contributed by atoms with E-state index in [4.69, 9.17) is 11.6 Å². The number of phenolic OH excluding ortho intramolecular Hbond substituents is 1. The van der Waals surface area contributed by atoms with E-state index in [9.17, 15) is 9.90 Å². The molecule has 0 saturated carbocycles. The van der Waals surface area contributed by atoms with Gasteiger partial charge in [-0.25, -0.2) is 0 Å². The average Bonchev–Trinajstić information content (AvgIpc) is 2.68.